The SMILES string of the molecule is Cc1ccccc1-c1nc2cc(CN)ccc2o1. The van der Waals surface area contributed by atoms with E-state index in [0.29, 0.717) is 12.4 Å². The molecule has 0 amide bonds. The van der Waals surface area contributed by atoms with Gasteiger partial charge in [-0.3, -0.25) is 0 Å². The quantitative estimate of drug-likeness (QED) is 0.745. The van der Waals surface area contributed by atoms with Crippen molar-refractivity contribution in [3.63, 3.8) is 0 Å². The van der Waals surface area contributed by atoms with Gasteiger partial charge in [0.05, 0.1) is 0 Å². The molecule has 1 heterocycles. The largest absolute Gasteiger partial charge is 0.436 e. The molecule has 0 radical (unpaired) electrons. The number of hydrogen-bond acceptors (Lipinski definition) is 3. The second-order valence-corrected chi connectivity index (χ2v) is 4.34. The Morgan fingerprint density at radius 2 is 2.00 bits per heavy atom. The van der Waals surface area contributed by atoms with Gasteiger partial charge in [0.1, 0.15) is 5.52 Å². The first-order chi connectivity index (χ1) is 8.78. The summed E-state index contributed by atoms with van der Waals surface area (Å²) in [6.45, 7) is 2.57. The number of nitrogens with zero attached hydrogens (tertiary/aromatic N) is 1. The fourth-order valence-electron chi connectivity index (χ4n) is 2.03. The summed E-state index contributed by atoms with van der Waals surface area (Å²) in [4.78, 5) is 4.53. The topological polar surface area (TPSA) is 52.0 Å². The third-order valence-corrected chi connectivity index (χ3v) is 3.06. The van der Waals surface area contributed by atoms with E-state index in [0.717, 1.165) is 27.8 Å². The molecule has 0 saturated heterocycles. The first-order valence-corrected chi connectivity index (χ1v) is 5.93. The van der Waals surface area contributed by atoms with Gasteiger partial charge in [-0.15, -0.1) is 0 Å². The lowest BCUT2D eigenvalue weighted by Crippen LogP contribution is -1.94. The second-order valence-electron chi connectivity index (χ2n) is 4.34. The summed E-state index contributed by atoms with van der Waals surface area (Å²) in [5.74, 6) is 0.664. The van der Waals surface area contributed by atoms with Crippen LogP contribution in [-0.2, 0) is 6.54 Å². The average Bonchev–Trinajstić information content (AvgIpc) is 2.81. The van der Waals surface area contributed by atoms with Gasteiger partial charge in [0.15, 0.2) is 5.58 Å². The predicted molar refractivity (Wildman–Crippen MR) is 72.1 cm³/mol. The van der Waals surface area contributed by atoms with Crippen molar-refractivity contribution in [2.75, 3.05) is 0 Å². The second kappa shape index (κ2) is 4.27. The Bertz CT molecular complexity index is 701. The number of aryl methyl sites for hydroxylation is 1. The minimum Gasteiger partial charge on any atom is -0.436 e. The predicted octanol–water partition coefficient (Wildman–Crippen LogP) is 3.26. The Hall–Kier alpha value is -2.13. The Labute approximate surface area is 105 Å². The molecule has 0 atom stereocenters. The van der Waals surface area contributed by atoms with Gasteiger partial charge in [0, 0.05) is 12.1 Å². The zero-order valence-electron chi connectivity index (χ0n) is 10.2. The molecule has 0 spiro atoms. The van der Waals surface area contributed by atoms with Crippen molar-refractivity contribution in [1.82, 2.24) is 4.98 Å². The minimum atomic E-state index is 0.516. The molecule has 0 saturated carbocycles. The molecule has 3 nitrogen and oxygen atoms in total. The van der Waals surface area contributed by atoms with E-state index in [2.05, 4.69) is 18.0 Å². The van der Waals surface area contributed by atoms with Crippen LogP contribution >= 0.6 is 0 Å². The van der Waals surface area contributed by atoms with E-state index >= 15 is 0 Å². The van der Waals surface area contributed by atoms with Crippen LogP contribution in [0.3, 0.4) is 0 Å². The number of aromatic nitrogens is 1. The van der Waals surface area contributed by atoms with E-state index in [1.807, 2.05) is 36.4 Å². The van der Waals surface area contributed by atoms with E-state index in [1.54, 1.807) is 0 Å². The number of benzene rings is 2. The van der Waals surface area contributed by atoms with Crippen LogP contribution in [-0.4, -0.2) is 4.98 Å². The molecular formula is C15H14N2O. The number of hydrogen-bond donors (Lipinski definition) is 1. The maximum atomic E-state index is 5.78. The molecule has 0 aliphatic heterocycles. The number of fused-ring (bicyclic) bond motifs is 1. The Balaban J connectivity index is 2.17. The summed E-state index contributed by atoms with van der Waals surface area (Å²) in [6, 6.07) is 13.9. The summed E-state index contributed by atoms with van der Waals surface area (Å²) in [7, 11) is 0. The molecule has 0 aliphatic carbocycles. The standard InChI is InChI=1S/C15H14N2O/c1-10-4-2-3-5-12(10)15-17-13-8-11(9-16)6-7-14(13)18-15/h2-8H,9,16H2,1H3. The molecular weight excluding hydrogens is 224 g/mol. The highest BCUT2D eigenvalue weighted by atomic mass is 16.3. The molecule has 2 aromatic carbocycles. The summed E-state index contributed by atoms with van der Waals surface area (Å²) >= 11 is 0. The van der Waals surface area contributed by atoms with Crippen molar-refractivity contribution >= 4 is 11.1 Å². The van der Waals surface area contributed by atoms with Gasteiger partial charge in [0.2, 0.25) is 5.89 Å². The maximum Gasteiger partial charge on any atom is 0.227 e. The highest BCUT2D eigenvalue weighted by Crippen LogP contribution is 2.26. The summed E-state index contributed by atoms with van der Waals surface area (Å²) in [5.41, 5.74) is 10.5. The van der Waals surface area contributed by atoms with Crippen LogP contribution < -0.4 is 5.73 Å². The Kier molecular flexibility index (Phi) is 2.61. The molecule has 2 N–H and O–H groups in total. The monoisotopic (exact) mass is 238 g/mol. The molecule has 3 heteroatoms. The Morgan fingerprint density at radius 3 is 2.78 bits per heavy atom. The van der Waals surface area contributed by atoms with Crippen LogP contribution in [0.4, 0.5) is 0 Å². The molecule has 3 rings (SSSR count). The lowest BCUT2D eigenvalue weighted by molar-refractivity contribution is 0.619. The highest BCUT2D eigenvalue weighted by molar-refractivity contribution is 5.77. The molecule has 0 bridgehead atoms. The van der Waals surface area contributed by atoms with Crippen LogP contribution in [0, 0.1) is 6.92 Å². The van der Waals surface area contributed by atoms with Gasteiger partial charge in [-0.1, -0.05) is 24.3 Å². The zero-order valence-corrected chi connectivity index (χ0v) is 10.2. The van der Waals surface area contributed by atoms with Gasteiger partial charge in [-0.2, -0.15) is 0 Å². The van der Waals surface area contributed by atoms with Crippen molar-refractivity contribution in [3.8, 4) is 11.5 Å². The van der Waals surface area contributed by atoms with Crippen molar-refractivity contribution in [2.45, 2.75) is 13.5 Å². The maximum absolute atomic E-state index is 5.78. The van der Waals surface area contributed by atoms with E-state index in [-0.39, 0.29) is 0 Å². The minimum absolute atomic E-state index is 0.516. The average molecular weight is 238 g/mol. The lowest BCUT2D eigenvalue weighted by atomic mass is 10.1. The van der Waals surface area contributed by atoms with Crippen molar-refractivity contribution in [2.24, 2.45) is 5.73 Å². The van der Waals surface area contributed by atoms with E-state index in [9.17, 15) is 0 Å². The van der Waals surface area contributed by atoms with Crippen LogP contribution in [0.1, 0.15) is 11.1 Å². The molecule has 0 unspecified atom stereocenters. The van der Waals surface area contributed by atoms with Crippen molar-refractivity contribution in [1.29, 1.82) is 0 Å². The molecule has 3 aromatic rings. The fraction of sp³-hybridized carbons (Fsp3) is 0.133. The first-order valence-electron chi connectivity index (χ1n) is 5.93. The third-order valence-electron chi connectivity index (χ3n) is 3.06. The van der Waals surface area contributed by atoms with Gasteiger partial charge in [-0.05, 0) is 36.2 Å². The smallest absolute Gasteiger partial charge is 0.227 e. The van der Waals surface area contributed by atoms with Gasteiger partial charge < -0.3 is 10.2 Å². The van der Waals surface area contributed by atoms with E-state index < -0.39 is 0 Å². The zero-order chi connectivity index (χ0) is 12.5. The van der Waals surface area contributed by atoms with Crippen LogP contribution in [0.25, 0.3) is 22.6 Å². The van der Waals surface area contributed by atoms with E-state index in [1.165, 1.54) is 0 Å². The van der Waals surface area contributed by atoms with Crippen LogP contribution in [0.2, 0.25) is 0 Å². The van der Waals surface area contributed by atoms with Gasteiger partial charge in [-0.25, -0.2) is 4.98 Å². The van der Waals surface area contributed by atoms with Crippen molar-refractivity contribution in [3.05, 3.63) is 53.6 Å². The van der Waals surface area contributed by atoms with E-state index in [4.69, 9.17) is 10.2 Å². The summed E-state index contributed by atoms with van der Waals surface area (Å²) in [6.07, 6.45) is 0. The third kappa shape index (κ3) is 1.79. The molecule has 18 heavy (non-hydrogen) atoms. The van der Waals surface area contributed by atoms with Crippen LogP contribution in [0.15, 0.2) is 46.9 Å². The molecule has 1 aromatic heterocycles. The summed E-state index contributed by atoms with van der Waals surface area (Å²) < 4.78 is 5.78. The lowest BCUT2D eigenvalue weighted by Gasteiger charge is -1.98. The Morgan fingerprint density at radius 1 is 1.17 bits per heavy atom. The first kappa shape index (κ1) is 11.0. The van der Waals surface area contributed by atoms with Gasteiger partial charge in [0.25, 0.3) is 0 Å². The van der Waals surface area contributed by atoms with Crippen LogP contribution in [0.5, 0.6) is 0 Å². The fourth-order valence-corrected chi connectivity index (χ4v) is 2.03. The van der Waals surface area contributed by atoms with Crippen molar-refractivity contribution < 1.29 is 4.42 Å². The normalized spacial score (nSPS) is 11.0. The molecule has 0 aliphatic rings. The molecule has 90 valence electrons. The van der Waals surface area contributed by atoms with Gasteiger partial charge >= 0.3 is 0 Å². The number of nitrogens with two attached hydrogens (primary N) is 1. The molecule has 0 fully saturated rings. The summed E-state index contributed by atoms with van der Waals surface area (Å²) in [5, 5.41) is 0. The number of rotatable bonds is 2. The number of oxazole rings is 1. The highest BCUT2D eigenvalue weighted by Gasteiger charge is 2.10.